The van der Waals surface area contributed by atoms with E-state index in [9.17, 15) is 4.39 Å². The van der Waals surface area contributed by atoms with Gasteiger partial charge in [0, 0.05) is 0 Å². The van der Waals surface area contributed by atoms with E-state index in [2.05, 4.69) is 31.2 Å². The summed E-state index contributed by atoms with van der Waals surface area (Å²) in [6, 6.07) is 10.5. The zero-order valence-corrected chi connectivity index (χ0v) is 6.63. The Bertz CT molecular complexity index is 162. The van der Waals surface area contributed by atoms with Crippen LogP contribution in [0, 0.1) is 0 Å². The second-order valence-corrected chi connectivity index (χ2v) is 1.96. The number of alkyl halides is 1. The lowest BCUT2D eigenvalue weighted by atomic mass is 10.2. The van der Waals surface area contributed by atoms with Crippen LogP contribution in [-0.4, -0.2) is 12.0 Å². The summed E-state index contributed by atoms with van der Waals surface area (Å²) < 4.78 is 9.85. The van der Waals surface area contributed by atoms with Crippen LogP contribution >= 0.6 is 0 Å². The van der Waals surface area contributed by atoms with Gasteiger partial charge in [-0.05, 0) is 12.0 Å². The summed E-state index contributed by atoms with van der Waals surface area (Å²) >= 11 is 0. The van der Waals surface area contributed by atoms with E-state index < -0.39 is 6.86 Å². The lowest BCUT2D eigenvalue weighted by Crippen LogP contribution is -1.73. The lowest BCUT2D eigenvalue weighted by Gasteiger charge is -1.89. The third-order valence-corrected chi connectivity index (χ3v) is 1.25. The minimum atomic E-state index is -1.25. The Kier molecular flexibility index (Phi) is 6.64. The number of benzene rings is 1. The van der Waals surface area contributed by atoms with Crippen LogP contribution in [0.3, 0.4) is 0 Å². The molecule has 0 heterocycles. The molecule has 0 saturated heterocycles. The van der Waals surface area contributed by atoms with Gasteiger partial charge in [0.2, 0.25) is 0 Å². The van der Waals surface area contributed by atoms with Gasteiger partial charge in [0.05, 0.1) is 0 Å². The zero-order valence-electron chi connectivity index (χ0n) is 6.63. The van der Waals surface area contributed by atoms with Crippen molar-refractivity contribution in [1.29, 1.82) is 0 Å². The Labute approximate surface area is 66.5 Å². The number of aliphatic hydroxyl groups excluding tert-OH is 1. The molecule has 0 amide bonds. The zero-order chi connectivity index (χ0) is 8.53. The van der Waals surface area contributed by atoms with Crippen LogP contribution in [0.4, 0.5) is 4.39 Å². The normalized spacial score (nSPS) is 8.27. The average molecular weight is 156 g/mol. The monoisotopic (exact) mass is 156 g/mol. The fourth-order valence-corrected chi connectivity index (χ4v) is 0.714. The largest absolute Gasteiger partial charge is 0.366 e. The number of aliphatic hydroxyl groups is 1. The highest BCUT2D eigenvalue weighted by Gasteiger charge is 1.79. The SMILES string of the molecule is CCc1ccccc1.OCF. The molecule has 0 unspecified atom stereocenters. The Balaban J connectivity index is 0.000000292. The van der Waals surface area contributed by atoms with Gasteiger partial charge in [-0.25, -0.2) is 4.39 Å². The molecule has 1 nitrogen and oxygen atoms in total. The topological polar surface area (TPSA) is 20.2 Å². The van der Waals surface area contributed by atoms with E-state index in [1.165, 1.54) is 5.56 Å². The molecule has 0 aliphatic rings. The molecule has 1 aromatic carbocycles. The maximum Gasteiger partial charge on any atom is 0.185 e. The minimum absolute atomic E-state index is 1.14. The Morgan fingerprint density at radius 2 is 1.73 bits per heavy atom. The van der Waals surface area contributed by atoms with Gasteiger partial charge in [-0.3, -0.25) is 0 Å². The molecule has 0 atom stereocenters. The quantitative estimate of drug-likeness (QED) is 0.660. The summed E-state index contributed by atoms with van der Waals surface area (Å²) in [7, 11) is 0. The molecule has 62 valence electrons. The molecule has 11 heavy (non-hydrogen) atoms. The van der Waals surface area contributed by atoms with E-state index in [-0.39, 0.29) is 0 Å². The van der Waals surface area contributed by atoms with Crippen molar-refractivity contribution in [3.8, 4) is 0 Å². The predicted molar refractivity (Wildman–Crippen MR) is 44.0 cm³/mol. The molecule has 0 fully saturated rings. The third kappa shape index (κ3) is 5.55. The van der Waals surface area contributed by atoms with E-state index in [1.807, 2.05) is 6.07 Å². The molecule has 1 rings (SSSR count). The summed E-state index contributed by atoms with van der Waals surface area (Å²) in [4.78, 5) is 0. The molecule has 1 aromatic rings. The van der Waals surface area contributed by atoms with Crippen molar-refractivity contribution in [3.05, 3.63) is 35.9 Å². The van der Waals surface area contributed by atoms with Gasteiger partial charge in [-0.1, -0.05) is 37.3 Å². The van der Waals surface area contributed by atoms with E-state index in [1.54, 1.807) is 0 Å². The molecule has 2 heteroatoms. The van der Waals surface area contributed by atoms with Gasteiger partial charge >= 0.3 is 0 Å². The Morgan fingerprint density at radius 3 is 2.00 bits per heavy atom. The van der Waals surface area contributed by atoms with Gasteiger partial charge in [0.25, 0.3) is 0 Å². The summed E-state index contributed by atoms with van der Waals surface area (Å²) in [6.07, 6.45) is 1.14. The molecule has 0 radical (unpaired) electrons. The van der Waals surface area contributed by atoms with Crippen LogP contribution in [0.5, 0.6) is 0 Å². The standard InChI is InChI=1S/C8H10.CH3FO/c1-2-8-6-4-3-5-7-8;2-1-3/h3-7H,2H2,1H3;3H,1H2. The maximum absolute atomic E-state index is 9.85. The van der Waals surface area contributed by atoms with Gasteiger partial charge in [-0.15, -0.1) is 0 Å². The van der Waals surface area contributed by atoms with Crippen molar-refractivity contribution in [2.45, 2.75) is 13.3 Å². The van der Waals surface area contributed by atoms with Crippen molar-refractivity contribution >= 4 is 0 Å². The molecule has 0 bridgehead atoms. The second kappa shape index (κ2) is 7.22. The summed E-state index contributed by atoms with van der Waals surface area (Å²) in [5.74, 6) is 0. The average Bonchev–Trinajstić information content (AvgIpc) is 2.08. The molecule has 1 N–H and O–H groups in total. The predicted octanol–water partition coefficient (Wildman–Crippen LogP) is 2.15. The summed E-state index contributed by atoms with van der Waals surface area (Å²) in [5, 5.41) is 6.90. The van der Waals surface area contributed by atoms with E-state index in [4.69, 9.17) is 5.11 Å². The van der Waals surface area contributed by atoms with E-state index in [0.29, 0.717) is 0 Å². The molecular formula is C9H13FO. The smallest absolute Gasteiger partial charge is 0.185 e. The third-order valence-electron chi connectivity index (χ3n) is 1.25. The minimum Gasteiger partial charge on any atom is -0.366 e. The van der Waals surface area contributed by atoms with Crippen LogP contribution in [0.15, 0.2) is 30.3 Å². The van der Waals surface area contributed by atoms with Crippen molar-refractivity contribution < 1.29 is 9.50 Å². The fourth-order valence-electron chi connectivity index (χ4n) is 0.714. The van der Waals surface area contributed by atoms with Crippen LogP contribution in [-0.2, 0) is 6.42 Å². The second-order valence-electron chi connectivity index (χ2n) is 1.96. The van der Waals surface area contributed by atoms with Crippen LogP contribution in [0.1, 0.15) is 12.5 Å². The first-order valence-corrected chi connectivity index (χ1v) is 3.55. The molecule has 0 aliphatic carbocycles. The van der Waals surface area contributed by atoms with Crippen molar-refractivity contribution in [2.75, 3.05) is 6.86 Å². The Hall–Kier alpha value is -0.890. The summed E-state index contributed by atoms with van der Waals surface area (Å²) in [5.41, 5.74) is 1.41. The first kappa shape index (κ1) is 10.1. The van der Waals surface area contributed by atoms with Gasteiger partial charge < -0.3 is 5.11 Å². The number of aryl methyl sites for hydroxylation is 1. The number of hydrogen-bond acceptors (Lipinski definition) is 1. The molecule has 0 spiro atoms. The van der Waals surface area contributed by atoms with E-state index >= 15 is 0 Å². The Morgan fingerprint density at radius 1 is 1.27 bits per heavy atom. The molecule has 0 aromatic heterocycles. The molecular weight excluding hydrogens is 143 g/mol. The molecule has 0 aliphatic heterocycles. The van der Waals surface area contributed by atoms with Gasteiger partial charge in [-0.2, -0.15) is 0 Å². The van der Waals surface area contributed by atoms with Crippen LogP contribution < -0.4 is 0 Å². The maximum atomic E-state index is 9.85. The van der Waals surface area contributed by atoms with Crippen molar-refractivity contribution in [2.24, 2.45) is 0 Å². The molecule has 0 saturated carbocycles. The van der Waals surface area contributed by atoms with Gasteiger partial charge in [0.1, 0.15) is 0 Å². The highest BCUT2D eigenvalue weighted by Crippen LogP contribution is 1.96. The van der Waals surface area contributed by atoms with Crippen molar-refractivity contribution in [1.82, 2.24) is 0 Å². The lowest BCUT2D eigenvalue weighted by molar-refractivity contribution is 0.168. The van der Waals surface area contributed by atoms with Crippen LogP contribution in [0.25, 0.3) is 0 Å². The fraction of sp³-hybridized carbons (Fsp3) is 0.333. The highest BCUT2D eigenvalue weighted by molar-refractivity contribution is 5.13. The van der Waals surface area contributed by atoms with Crippen LogP contribution in [0.2, 0.25) is 0 Å². The number of halogens is 1. The number of rotatable bonds is 1. The van der Waals surface area contributed by atoms with Crippen molar-refractivity contribution in [3.63, 3.8) is 0 Å². The highest BCUT2D eigenvalue weighted by atomic mass is 19.1. The van der Waals surface area contributed by atoms with Gasteiger partial charge in [0.15, 0.2) is 6.86 Å². The number of hydrogen-bond donors (Lipinski definition) is 1. The first-order valence-electron chi connectivity index (χ1n) is 3.55. The first-order chi connectivity index (χ1) is 5.35. The van der Waals surface area contributed by atoms with E-state index in [0.717, 1.165) is 6.42 Å². The summed E-state index contributed by atoms with van der Waals surface area (Å²) in [6.45, 7) is 0.912.